The smallest absolute Gasteiger partial charge is 0.336 e. The lowest BCUT2D eigenvalue weighted by molar-refractivity contribution is -0.231. The van der Waals surface area contributed by atoms with E-state index in [-0.39, 0.29) is 12.3 Å². The van der Waals surface area contributed by atoms with E-state index >= 15 is 4.39 Å². The molecule has 9 heteroatoms. The molecule has 192 valence electrons. The van der Waals surface area contributed by atoms with Gasteiger partial charge >= 0.3 is 5.97 Å². The van der Waals surface area contributed by atoms with Crippen LogP contribution in [0.15, 0.2) is 30.1 Å². The molecule has 0 aliphatic heterocycles. The van der Waals surface area contributed by atoms with Gasteiger partial charge in [0.15, 0.2) is 5.60 Å². The van der Waals surface area contributed by atoms with Crippen molar-refractivity contribution in [1.82, 2.24) is 14.8 Å². The summed E-state index contributed by atoms with van der Waals surface area (Å²) < 4.78 is 32.6. The second-order valence-electron chi connectivity index (χ2n) is 11.8. The van der Waals surface area contributed by atoms with Crippen LogP contribution in [-0.4, -0.2) is 53.4 Å². The van der Waals surface area contributed by atoms with Gasteiger partial charge in [0.2, 0.25) is 5.95 Å². The number of carboxylic acid groups (broad SMARTS) is 1. The van der Waals surface area contributed by atoms with E-state index in [1.165, 1.54) is 12.3 Å². The summed E-state index contributed by atoms with van der Waals surface area (Å²) in [5.74, 6) is -3.38. The van der Waals surface area contributed by atoms with Gasteiger partial charge in [0, 0.05) is 16.7 Å². The first-order chi connectivity index (χ1) is 16.9. The van der Waals surface area contributed by atoms with Gasteiger partial charge in [-0.05, 0) is 67.7 Å². The number of aliphatic carboxylic acids is 1. The average Bonchev–Trinajstić information content (AvgIpc) is 3.31. The van der Waals surface area contributed by atoms with E-state index in [2.05, 4.69) is 10.1 Å². The normalized spacial score (nSPS) is 43.1. The van der Waals surface area contributed by atoms with Crippen LogP contribution in [0.3, 0.4) is 0 Å². The number of hydrogen-bond donors (Lipinski definition) is 3. The van der Waals surface area contributed by atoms with Crippen LogP contribution in [0.25, 0.3) is 11.8 Å². The third-order valence-electron chi connectivity index (χ3n) is 10.4. The molecule has 0 saturated heterocycles. The number of pyridine rings is 1. The quantitative estimate of drug-likeness (QED) is 0.544. The van der Waals surface area contributed by atoms with Crippen molar-refractivity contribution in [3.8, 4) is 5.69 Å². The molecular weight excluding hydrogens is 468 g/mol. The SMILES string of the molecule is C[C@@H]1C[C@H]2[C@@H]3CCC4=Cc5c(cnn5-c5ccc(F)nc5)C[C@]4(C)[C@@]3(F)[C@@H](O)C[C@]2(C)C1(O)C(=O)O. The summed E-state index contributed by atoms with van der Waals surface area (Å²) in [4.78, 5) is 16.0. The number of halogens is 2. The Morgan fingerprint density at radius 3 is 2.64 bits per heavy atom. The van der Waals surface area contributed by atoms with Gasteiger partial charge in [-0.2, -0.15) is 9.49 Å². The maximum atomic E-state index is 17.6. The first kappa shape index (κ1) is 23.7. The zero-order chi connectivity index (χ0) is 25.8. The van der Waals surface area contributed by atoms with Crippen LogP contribution >= 0.6 is 0 Å². The molecule has 4 aliphatic rings. The number of aliphatic hydroxyl groups excluding tert-OH is 1. The zero-order valence-corrected chi connectivity index (χ0v) is 20.6. The second kappa shape index (κ2) is 7.22. The van der Waals surface area contributed by atoms with Crippen LogP contribution in [0.4, 0.5) is 8.78 Å². The third-order valence-corrected chi connectivity index (χ3v) is 10.4. The van der Waals surface area contributed by atoms with Crippen LogP contribution in [-0.2, 0) is 11.2 Å². The van der Waals surface area contributed by atoms with Crippen LogP contribution in [0.2, 0.25) is 0 Å². The zero-order valence-electron chi connectivity index (χ0n) is 20.6. The van der Waals surface area contributed by atoms with Crippen molar-refractivity contribution in [3.63, 3.8) is 0 Å². The number of fused-ring (bicyclic) bond motifs is 6. The standard InChI is InChI=1S/C27H31F2N3O4/c1-14-8-19-18-6-4-16-9-20-15(12-31-32(20)17-5-7-22(28)30-13-17)10-24(16,2)26(18,29)21(33)11-25(19,3)27(14,36)23(34)35/h5,7,9,12-14,18-19,21,33,36H,4,6,8,10-11H2,1-3H3,(H,34,35)/t14-,18+,19+,21+,24+,25+,26+,27?/m1/s1. The van der Waals surface area contributed by atoms with Gasteiger partial charge in [-0.15, -0.1) is 0 Å². The molecule has 2 aromatic heterocycles. The molecule has 4 aliphatic carbocycles. The molecule has 0 aromatic carbocycles. The monoisotopic (exact) mass is 499 g/mol. The van der Waals surface area contributed by atoms with E-state index in [1.807, 2.05) is 13.0 Å². The molecule has 3 saturated carbocycles. The average molecular weight is 500 g/mol. The molecule has 3 fully saturated rings. The Hall–Kier alpha value is -2.65. The molecule has 36 heavy (non-hydrogen) atoms. The van der Waals surface area contributed by atoms with Gasteiger partial charge in [-0.1, -0.05) is 26.3 Å². The number of hydrogen-bond acceptors (Lipinski definition) is 5. The minimum atomic E-state index is -2.01. The highest BCUT2D eigenvalue weighted by Gasteiger charge is 2.76. The van der Waals surface area contributed by atoms with Crippen molar-refractivity contribution < 1.29 is 28.9 Å². The maximum Gasteiger partial charge on any atom is 0.336 e. The second-order valence-corrected chi connectivity index (χ2v) is 11.8. The highest BCUT2D eigenvalue weighted by atomic mass is 19.1. The number of aromatic nitrogens is 3. The van der Waals surface area contributed by atoms with Crippen LogP contribution in [0.1, 0.15) is 57.7 Å². The predicted octanol–water partition coefficient (Wildman–Crippen LogP) is 3.71. The van der Waals surface area contributed by atoms with E-state index in [1.54, 1.807) is 30.8 Å². The summed E-state index contributed by atoms with van der Waals surface area (Å²) in [7, 11) is 0. The Kier molecular flexibility index (Phi) is 4.76. The lowest BCUT2D eigenvalue weighted by atomic mass is 9.44. The van der Waals surface area contributed by atoms with Crippen molar-refractivity contribution >= 4 is 12.0 Å². The van der Waals surface area contributed by atoms with E-state index in [9.17, 15) is 24.5 Å². The Balaban J connectivity index is 1.43. The first-order valence-electron chi connectivity index (χ1n) is 12.6. The number of carbonyl (C=O) groups is 1. The fourth-order valence-electron chi connectivity index (χ4n) is 8.55. The van der Waals surface area contributed by atoms with E-state index in [4.69, 9.17) is 0 Å². The number of carboxylic acids is 1. The number of allylic oxidation sites excluding steroid dienone is 1. The molecular formula is C27H31F2N3O4. The number of nitrogens with zero attached hydrogens (tertiary/aromatic N) is 3. The summed E-state index contributed by atoms with van der Waals surface area (Å²) in [6.07, 6.45) is 5.27. The molecule has 2 aromatic rings. The fourth-order valence-corrected chi connectivity index (χ4v) is 8.55. The van der Waals surface area contributed by atoms with Crippen molar-refractivity contribution in [3.05, 3.63) is 47.3 Å². The van der Waals surface area contributed by atoms with Crippen molar-refractivity contribution in [2.75, 3.05) is 0 Å². The highest BCUT2D eigenvalue weighted by molar-refractivity contribution is 5.80. The van der Waals surface area contributed by atoms with Gasteiger partial charge < -0.3 is 15.3 Å². The van der Waals surface area contributed by atoms with Gasteiger partial charge in [-0.25, -0.2) is 18.9 Å². The molecule has 0 bridgehead atoms. The Labute approximate surface area is 207 Å². The lowest BCUT2D eigenvalue weighted by Gasteiger charge is -2.63. The predicted molar refractivity (Wildman–Crippen MR) is 126 cm³/mol. The largest absolute Gasteiger partial charge is 0.479 e. The van der Waals surface area contributed by atoms with Gasteiger partial charge in [-0.3, -0.25) is 0 Å². The van der Waals surface area contributed by atoms with Crippen LogP contribution in [0.5, 0.6) is 0 Å². The Bertz CT molecular complexity index is 1290. The maximum absolute atomic E-state index is 17.6. The minimum absolute atomic E-state index is 0.117. The van der Waals surface area contributed by atoms with Crippen molar-refractivity contribution in [2.45, 2.75) is 70.2 Å². The molecule has 2 heterocycles. The van der Waals surface area contributed by atoms with Crippen LogP contribution in [0, 0.1) is 34.5 Å². The first-order valence-corrected chi connectivity index (χ1v) is 12.6. The molecule has 6 rings (SSSR count). The van der Waals surface area contributed by atoms with Gasteiger partial charge in [0.1, 0.15) is 5.67 Å². The Morgan fingerprint density at radius 1 is 1.22 bits per heavy atom. The molecule has 0 amide bonds. The number of alkyl halides is 1. The molecule has 0 radical (unpaired) electrons. The van der Waals surface area contributed by atoms with Crippen LogP contribution < -0.4 is 0 Å². The summed E-state index contributed by atoms with van der Waals surface area (Å²) in [5.41, 5.74) is -3.03. The van der Waals surface area contributed by atoms with E-state index < -0.39 is 52.0 Å². The van der Waals surface area contributed by atoms with Gasteiger partial charge in [0.25, 0.3) is 0 Å². The molecule has 0 spiro atoms. The Morgan fingerprint density at radius 2 is 1.97 bits per heavy atom. The fraction of sp³-hybridized carbons (Fsp3) is 0.593. The summed E-state index contributed by atoms with van der Waals surface area (Å²) in [6.45, 7) is 5.29. The lowest BCUT2D eigenvalue weighted by Crippen LogP contribution is -2.70. The van der Waals surface area contributed by atoms with Crippen molar-refractivity contribution in [1.29, 1.82) is 0 Å². The third kappa shape index (κ3) is 2.60. The number of rotatable bonds is 2. The van der Waals surface area contributed by atoms with Gasteiger partial charge in [0.05, 0.1) is 29.9 Å². The molecule has 8 atom stereocenters. The minimum Gasteiger partial charge on any atom is -0.479 e. The molecule has 7 nitrogen and oxygen atoms in total. The summed E-state index contributed by atoms with van der Waals surface area (Å²) in [6, 6.07) is 2.85. The molecule has 1 unspecified atom stereocenters. The summed E-state index contributed by atoms with van der Waals surface area (Å²) in [5, 5.41) is 37.3. The highest BCUT2D eigenvalue weighted by Crippen LogP contribution is 2.71. The van der Waals surface area contributed by atoms with Crippen molar-refractivity contribution in [2.24, 2.45) is 28.6 Å². The molecule has 3 N–H and O–H groups in total. The summed E-state index contributed by atoms with van der Waals surface area (Å²) >= 11 is 0. The number of aliphatic hydroxyl groups is 2. The van der Waals surface area contributed by atoms with E-state index in [0.29, 0.717) is 31.4 Å². The topological polar surface area (TPSA) is 108 Å². The van der Waals surface area contributed by atoms with E-state index in [0.717, 1.165) is 16.8 Å².